The van der Waals surface area contributed by atoms with E-state index in [1.807, 2.05) is 0 Å². The minimum absolute atomic E-state index is 0.515. The van der Waals surface area contributed by atoms with Crippen LogP contribution in [0.3, 0.4) is 0 Å². The maximum Gasteiger partial charge on any atom is 0.00409 e. The molecule has 1 fully saturated rings. The first-order valence-electron chi connectivity index (χ1n) is 7.16. The van der Waals surface area contributed by atoms with E-state index < -0.39 is 0 Å². The monoisotopic (exact) mass is 225 g/mol. The molecule has 0 radical (unpaired) electrons. The van der Waals surface area contributed by atoms with Crippen molar-refractivity contribution in [2.24, 2.45) is 17.3 Å². The Hall–Kier alpha value is -0.0400. The fraction of sp³-hybridized carbons (Fsp3) is 1.00. The van der Waals surface area contributed by atoms with Crippen LogP contribution in [0.15, 0.2) is 0 Å². The van der Waals surface area contributed by atoms with Gasteiger partial charge in [0.25, 0.3) is 0 Å². The third-order valence-corrected chi connectivity index (χ3v) is 4.85. The third-order valence-electron chi connectivity index (χ3n) is 4.85. The molecule has 1 unspecified atom stereocenters. The Morgan fingerprint density at radius 1 is 1.19 bits per heavy atom. The smallest absolute Gasteiger partial charge is 0.00409 e. The van der Waals surface area contributed by atoms with E-state index in [0.29, 0.717) is 11.5 Å². The highest BCUT2D eigenvalue weighted by Gasteiger charge is 2.33. The number of nitrogens with one attached hydrogen (secondary N) is 1. The third kappa shape index (κ3) is 3.76. The minimum atomic E-state index is 0.515. The van der Waals surface area contributed by atoms with Crippen LogP contribution in [0.2, 0.25) is 0 Å². The van der Waals surface area contributed by atoms with Crippen molar-refractivity contribution in [2.45, 2.75) is 72.3 Å². The van der Waals surface area contributed by atoms with E-state index >= 15 is 0 Å². The van der Waals surface area contributed by atoms with Gasteiger partial charge in [0.1, 0.15) is 0 Å². The van der Waals surface area contributed by atoms with E-state index in [1.54, 1.807) is 0 Å². The van der Waals surface area contributed by atoms with E-state index in [4.69, 9.17) is 0 Å². The molecule has 1 aliphatic carbocycles. The average Bonchev–Trinajstić information content (AvgIpc) is 2.28. The zero-order valence-electron chi connectivity index (χ0n) is 12.0. The van der Waals surface area contributed by atoms with Gasteiger partial charge in [0, 0.05) is 6.04 Å². The molecule has 0 amide bonds. The largest absolute Gasteiger partial charge is 0.317 e. The highest BCUT2D eigenvalue weighted by Crippen LogP contribution is 2.43. The molecule has 0 bridgehead atoms. The Labute approximate surface area is 102 Å². The molecule has 1 rings (SSSR count). The summed E-state index contributed by atoms with van der Waals surface area (Å²) >= 11 is 0. The van der Waals surface area contributed by atoms with Crippen LogP contribution < -0.4 is 5.32 Å². The van der Waals surface area contributed by atoms with E-state index in [-0.39, 0.29) is 0 Å². The fourth-order valence-corrected chi connectivity index (χ4v) is 3.41. The van der Waals surface area contributed by atoms with Gasteiger partial charge in [0.15, 0.2) is 0 Å². The highest BCUT2D eigenvalue weighted by molar-refractivity contribution is 4.85. The molecule has 0 heterocycles. The second kappa shape index (κ2) is 6.05. The maximum absolute atomic E-state index is 3.38. The molecular formula is C15H31N. The first-order chi connectivity index (χ1) is 7.49. The summed E-state index contributed by atoms with van der Waals surface area (Å²) in [6, 6.07) is 0.652. The van der Waals surface area contributed by atoms with Crippen LogP contribution in [0.4, 0.5) is 0 Å². The molecular weight excluding hydrogens is 194 g/mol. The summed E-state index contributed by atoms with van der Waals surface area (Å²) in [4.78, 5) is 0. The van der Waals surface area contributed by atoms with Crippen molar-refractivity contribution in [2.75, 3.05) is 7.05 Å². The van der Waals surface area contributed by atoms with E-state index in [1.165, 1.54) is 38.5 Å². The van der Waals surface area contributed by atoms with Crippen molar-refractivity contribution in [3.8, 4) is 0 Å². The average molecular weight is 225 g/mol. The lowest BCUT2D eigenvalue weighted by Crippen LogP contribution is -2.35. The first-order valence-corrected chi connectivity index (χ1v) is 7.16. The number of hydrogen-bond donors (Lipinski definition) is 1. The van der Waals surface area contributed by atoms with E-state index in [2.05, 4.69) is 40.1 Å². The molecule has 1 saturated carbocycles. The molecule has 0 aromatic rings. The second-order valence-electron chi connectivity index (χ2n) is 6.51. The van der Waals surface area contributed by atoms with Gasteiger partial charge in [-0.05, 0) is 50.5 Å². The zero-order valence-corrected chi connectivity index (χ0v) is 12.0. The summed E-state index contributed by atoms with van der Waals surface area (Å²) in [6.45, 7) is 9.59. The zero-order chi connectivity index (χ0) is 12.2. The quantitative estimate of drug-likeness (QED) is 0.738. The van der Waals surface area contributed by atoms with E-state index in [9.17, 15) is 0 Å². The van der Waals surface area contributed by atoms with Crippen LogP contribution in [0.5, 0.6) is 0 Å². The predicted molar refractivity (Wildman–Crippen MR) is 72.7 cm³/mol. The van der Waals surface area contributed by atoms with Gasteiger partial charge in [-0.25, -0.2) is 0 Å². The van der Waals surface area contributed by atoms with Crippen molar-refractivity contribution < 1.29 is 0 Å². The van der Waals surface area contributed by atoms with Gasteiger partial charge in [-0.15, -0.1) is 0 Å². The van der Waals surface area contributed by atoms with Crippen LogP contribution in [0.25, 0.3) is 0 Å². The van der Waals surface area contributed by atoms with Gasteiger partial charge in [-0.2, -0.15) is 0 Å². The number of hydrogen-bond acceptors (Lipinski definition) is 1. The lowest BCUT2D eigenvalue weighted by atomic mass is 9.66. The molecule has 1 heteroatoms. The second-order valence-corrected chi connectivity index (χ2v) is 6.51. The van der Waals surface area contributed by atoms with Crippen LogP contribution in [-0.4, -0.2) is 13.1 Å². The summed E-state index contributed by atoms with van der Waals surface area (Å²) < 4.78 is 0. The Morgan fingerprint density at radius 3 is 2.19 bits per heavy atom. The maximum atomic E-state index is 3.38. The van der Waals surface area contributed by atoms with Gasteiger partial charge in [-0.1, -0.05) is 40.0 Å². The van der Waals surface area contributed by atoms with E-state index in [0.717, 1.165) is 11.8 Å². The molecule has 0 aliphatic heterocycles. The van der Waals surface area contributed by atoms with Crippen molar-refractivity contribution in [3.63, 3.8) is 0 Å². The summed E-state index contributed by atoms with van der Waals surface area (Å²) in [7, 11) is 2.08. The standard InChI is InChI=1S/C15H31N/c1-6-13-7-9-14(10-8-13)15(3,4)11-12(2)16-5/h12-14,16H,6-11H2,1-5H3. The Bertz CT molecular complexity index is 190. The van der Waals surface area contributed by atoms with Crippen LogP contribution >= 0.6 is 0 Å². The molecule has 1 aliphatic rings. The molecule has 0 saturated heterocycles. The van der Waals surface area contributed by atoms with Crippen LogP contribution in [0.1, 0.15) is 66.2 Å². The summed E-state index contributed by atoms with van der Waals surface area (Å²) in [5.74, 6) is 1.97. The van der Waals surface area contributed by atoms with Crippen molar-refractivity contribution in [3.05, 3.63) is 0 Å². The van der Waals surface area contributed by atoms with Crippen molar-refractivity contribution in [1.82, 2.24) is 5.32 Å². The molecule has 1 atom stereocenters. The summed E-state index contributed by atoms with van der Waals surface area (Å²) in [5, 5.41) is 3.38. The van der Waals surface area contributed by atoms with Gasteiger partial charge >= 0.3 is 0 Å². The van der Waals surface area contributed by atoms with Gasteiger partial charge in [-0.3, -0.25) is 0 Å². The van der Waals surface area contributed by atoms with Crippen LogP contribution in [-0.2, 0) is 0 Å². The highest BCUT2D eigenvalue weighted by atomic mass is 14.9. The predicted octanol–water partition coefficient (Wildman–Crippen LogP) is 4.23. The van der Waals surface area contributed by atoms with Crippen LogP contribution in [0, 0.1) is 17.3 Å². The summed E-state index contributed by atoms with van der Waals surface area (Å²) in [6.07, 6.45) is 8.56. The molecule has 0 aromatic heterocycles. The first kappa shape index (κ1) is 14.0. The summed E-state index contributed by atoms with van der Waals surface area (Å²) in [5.41, 5.74) is 0.515. The molecule has 0 aromatic carbocycles. The topological polar surface area (TPSA) is 12.0 Å². The Kier molecular flexibility index (Phi) is 5.30. The lowest BCUT2D eigenvalue weighted by molar-refractivity contribution is 0.112. The fourth-order valence-electron chi connectivity index (χ4n) is 3.41. The Balaban J connectivity index is 2.44. The van der Waals surface area contributed by atoms with Crippen molar-refractivity contribution >= 4 is 0 Å². The SMILES string of the molecule is CCC1CCC(C(C)(C)CC(C)NC)CC1. The molecule has 16 heavy (non-hydrogen) atoms. The van der Waals surface area contributed by atoms with Gasteiger partial charge < -0.3 is 5.32 Å². The van der Waals surface area contributed by atoms with Crippen molar-refractivity contribution in [1.29, 1.82) is 0 Å². The molecule has 96 valence electrons. The minimum Gasteiger partial charge on any atom is -0.317 e. The van der Waals surface area contributed by atoms with Gasteiger partial charge in [0.05, 0.1) is 0 Å². The number of rotatable bonds is 5. The molecule has 1 nitrogen and oxygen atoms in total. The normalized spacial score (nSPS) is 29.1. The Morgan fingerprint density at radius 2 is 1.75 bits per heavy atom. The molecule has 1 N–H and O–H groups in total. The lowest BCUT2D eigenvalue weighted by Gasteiger charge is -2.40. The molecule has 0 spiro atoms. The van der Waals surface area contributed by atoms with Gasteiger partial charge in [0.2, 0.25) is 0 Å².